The minimum atomic E-state index is -4.51. The van der Waals surface area contributed by atoms with Crippen molar-refractivity contribution in [3.8, 4) is 28.4 Å². The van der Waals surface area contributed by atoms with E-state index in [4.69, 9.17) is 14.3 Å². The molecule has 0 saturated heterocycles. The van der Waals surface area contributed by atoms with E-state index in [1.165, 1.54) is 40.9 Å². The van der Waals surface area contributed by atoms with E-state index in [-0.39, 0.29) is 35.3 Å². The molecule has 0 N–H and O–H groups in total. The fourth-order valence-electron chi connectivity index (χ4n) is 5.34. The Morgan fingerprint density at radius 2 is 1.14 bits per heavy atom. The van der Waals surface area contributed by atoms with Crippen LogP contribution in [0.1, 0.15) is 46.3 Å². The van der Waals surface area contributed by atoms with Gasteiger partial charge in [-0.25, -0.2) is 14.5 Å². The first-order valence-electron chi connectivity index (χ1n) is 14.7. The summed E-state index contributed by atoms with van der Waals surface area (Å²) in [6, 6.07) is 13.9. The van der Waals surface area contributed by atoms with Crippen molar-refractivity contribution in [2.45, 2.75) is 53.4 Å². The van der Waals surface area contributed by atoms with Crippen LogP contribution in [0.3, 0.4) is 0 Å². The van der Waals surface area contributed by atoms with E-state index in [2.05, 4.69) is 20.2 Å². The van der Waals surface area contributed by atoms with Gasteiger partial charge in [0.1, 0.15) is 5.69 Å². The molecule has 0 unspecified atom stereocenters. The van der Waals surface area contributed by atoms with E-state index < -0.39 is 23.5 Å². The minimum absolute atomic E-state index is 0.0570. The highest BCUT2D eigenvalue weighted by Gasteiger charge is 2.35. The van der Waals surface area contributed by atoms with Gasteiger partial charge in [-0.15, -0.1) is 0 Å². The number of aromatic nitrogens is 6. The van der Waals surface area contributed by atoms with Gasteiger partial charge in [0.05, 0.1) is 33.9 Å². The highest BCUT2D eigenvalue weighted by molar-refractivity contribution is 5.69. The number of imidazole rings is 2. The molecule has 0 aliphatic rings. The number of alkyl halides is 6. The van der Waals surface area contributed by atoms with E-state index in [1.807, 2.05) is 20.8 Å². The summed E-state index contributed by atoms with van der Waals surface area (Å²) in [7, 11) is 0. The lowest BCUT2D eigenvalue weighted by Gasteiger charge is -2.13. The number of carbonyl (C=O) groups is 1. The highest BCUT2D eigenvalue weighted by atomic mass is 19.4. The van der Waals surface area contributed by atoms with Crippen molar-refractivity contribution >= 4 is 23.9 Å². The summed E-state index contributed by atoms with van der Waals surface area (Å²) in [4.78, 5) is 35.6. The minimum Gasteiger partial charge on any atom is -0.408 e. The number of nitrogens with zero attached hydrogens (tertiary/aromatic N) is 6. The highest BCUT2D eigenvalue weighted by Crippen LogP contribution is 2.38. The van der Waals surface area contributed by atoms with Crippen molar-refractivity contribution < 1.29 is 45.5 Å². The average molecular weight is 699 g/mol. The van der Waals surface area contributed by atoms with Gasteiger partial charge >= 0.3 is 18.5 Å². The molecule has 4 aromatic heterocycles. The summed E-state index contributed by atoms with van der Waals surface area (Å²) >= 11 is 0. The molecule has 260 valence electrons. The van der Waals surface area contributed by atoms with E-state index in [0.717, 1.165) is 29.1 Å². The van der Waals surface area contributed by atoms with Gasteiger partial charge in [-0.05, 0) is 69.5 Å². The first-order chi connectivity index (χ1) is 23.6. The third-order valence-corrected chi connectivity index (χ3v) is 7.46. The number of aryl methyl sites for hydroxylation is 5. The maximum absolute atomic E-state index is 13.3. The number of rotatable bonds is 5. The van der Waals surface area contributed by atoms with Crippen LogP contribution in [-0.4, -0.2) is 41.8 Å². The number of halogens is 6. The van der Waals surface area contributed by atoms with Gasteiger partial charge in [-0.1, -0.05) is 43.3 Å². The zero-order chi connectivity index (χ0) is 37.0. The predicted octanol–water partition coefficient (Wildman–Crippen LogP) is 7.58. The number of carbonyl (C=O) groups excluding carboxylic acids is 3. The maximum atomic E-state index is 13.3. The zero-order valence-electron chi connectivity index (χ0n) is 27.1. The largest absolute Gasteiger partial charge is 0.417 e. The second kappa shape index (κ2) is 14.7. The first-order valence-corrected chi connectivity index (χ1v) is 14.7. The molecule has 10 nitrogen and oxygen atoms in total. The van der Waals surface area contributed by atoms with Crippen molar-refractivity contribution in [1.29, 1.82) is 0 Å². The van der Waals surface area contributed by atoms with Crippen LogP contribution in [0.2, 0.25) is 0 Å². The molecular formula is C34H28F6N6O4. The van der Waals surface area contributed by atoms with Crippen molar-refractivity contribution in [2.75, 3.05) is 0 Å². The molecule has 6 rings (SSSR count). The van der Waals surface area contributed by atoms with Crippen molar-refractivity contribution in [1.82, 2.24) is 29.2 Å². The molecule has 4 heterocycles. The SMILES string of the molecule is CCc1c(C)nc2c(C)cc(-c3ccccc3C(F)(F)F)nn12.Cc1nc2c(C)cc(-c3ccccc3C(F)(F)F)nn2c1OC=O.O=C=O. The third kappa shape index (κ3) is 7.55. The molecule has 0 aliphatic heterocycles. The quantitative estimate of drug-likeness (QED) is 0.134. The Hall–Kier alpha value is -5.89. The molecule has 0 spiro atoms. The summed E-state index contributed by atoms with van der Waals surface area (Å²) < 4.78 is 87.2. The fraction of sp³-hybridized carbons (Fsp3) is 0.235. The third-order valence-electron chi connectivity index (χ3n) is 7.46. The van der Waals surface area contributed by atoms with Crippen LogP contribution in [-0.2, 0) is 33.2 Å². The van der Waals surface area contributed by atoms with Gasteiger partial charge in [0.15, 0.2) is 11.3 Å². The van der Waals surface area contributed by atoms with Crippen LogP contribution >= 0.6 is 0 Å². The number of benzene rings is 2. The Bertz CT molecular complexity index is 2220. The number of hydrogen-bond donors (Lipinski definition) is 0. The van der Waals surface area contributed by atoms with E-state index in [9.17, 15) is 31.1 Å². The molecule has 0 amide bonds. The van der Waals surface area contributed by atoms with E-state index in [0.29, 0.717) is 34.7 Å². The van der Waals surface area contributed by atoms with Crippen LogP contribution in [0.4, 0.5) is 26.3 Å². The van der Waals surface area contributed by atoms with Crippen LogP contribution in [0, 0.1) is 27.7 Å². The first kappa shape index (κ1) is 36.9. The lowest BCUT2D eigenvalue weighted by atomic mass is 10.0. The summed E-state index contributed by atoms with van der Waals surface area (Å²) in [6.45, 7) is 9.25. The van der Waals surface area contributed by atoms with Crippen LogP contribution in [0.25, 0.3) is 33.8 Å². The Morgan fingerprint density at radius 3 is 1.58 bits per heavy atom. The fourth-order valence-corrected chi connectivity index (χ4v) is 5.34. The maximum Gasteiger partial charge on any atom is 0.417 e. The number of ether oxygens (including phenoxy) is 1. The molecule has 2 aromatic carbocycles. The van der Waals surface area contributed by atoms with Gasteiger partial charge < -0.3 is 4.74 Å². The van der Waals surface area contributed by atoms with Gasteiger partial charge in [0.2, 0.25) is 5.88 Å². The molecule has 6 aromatic rings. The van der Waals surface area contributed by atoms with Crippen LogP contribution in [0.5, 0.6) is 5.88 Å². The summed E-state index contributed by atoms with van der Waals surface area (Å²) in [5.74, 6) is 0.0782. The summed E-state index contributed by atoms with van der Waals surface area (Å²) in [6.07, 6.45) is -7.96. The second-order valence-corrected chi connectivity index (χ2v) is 10.8. The molecule has 16 heteroatoms. The van der Waals surface area contributed by atoms with Crippen LogP contribution < -0.4 is 4.74 Å². The van der Waals surface area contributed by atoms with Crippen molar-refractivity contribution in [3.63, 3.8) is 0 Å². The lowest BCUT2D eigenvalue weighted by molar-refractivity contribution is -0.191. The van der Waals surface area contributed by atoms with E-state index >= 15 is 0 Å². The number of hydrogen-bond acceptors (Lipinski definition) is 8. The van der Waals surface area contributed by atoms with Crippen molar-refractivity contribution in [3.05, 3.63) is 100.0 Å². The molecule has 0 atom stereocenters. The monoisotopic (exact) mass is 698 g/mol. The van der Waals surface area contributed by atoms with E-state index in [1.54, 1.807) is 30.5 Å². The van der Waals surface area contributed by atoms with Crippen molar-refractivity contribution in [2.24, 2.45) is 0 Å². The molecule has 0 bridgehead atoms. The zero-order valence-corrected chi connectivity index (χ0v) is 27.1. The topological polar surface area (TPSA) is 121 Å². The normalized spacial score (nSPS) is 11.3. The Labute approximate surface area is 280 Å². The summed E-state index contributed by atoms with van der Waals surface area (Å²) in [5, 5.41) is 8.62. The molecule has 0 radical (unpaired) electrons. The average Bonchev–Trinajstić information content (AvgIpc) is 3.56. The molecule has 50 heavy (non-hydrogen) atoms. The van der Waals surface area contributed by atoms with Gasteiger partial charge in [0, 0.05) is 11.1 Å². The van der Waals surface area contributed by atoms with Gasteiger partial charge in [-0.2, -0.15) is 50.6 Å². The second-order valence-electron chi connectivity index (χ2n) is 10.8. The standard InChI is InChI=1S/C17H16F3N3.C16H12F3N3O2.CO2/c1-4-15-11(3)21-16-10(2)9-14(22-23(15)16)12-7-5-6-8-13(12)17(18,19)20;1-9-7-13(11-5-3-4-6-12(11)16(17,18)19)21-22-14(9)20-10(2)15(22)24-8-23;2-1-3/h5-9H,4H2,1-3H3;3-8H,1-2H3;. The Balaban J connectivity index is 0.000000209. The molecule has 0 saturated carbocycles. The lowest BCUT2D eigenvalue weighted by Crippen LogP contribution is -2.09. The Kier molecular flexibility index (Phi) is 10.9. The predicted molar refractivity (Wildman–Crippen MR) is 167 cm³/mol. The van der Waals surface area contributed by atoms with Crippen LogP contribution in [0.15, 0.2) is 60.7 Å². The van der Waals surface area contributed by atoms with Gasteiger partial charge in [0.25, 0.3) is 6.47 Å². The molecule has 0 fully saturated rings. The van der Waals surface area contributed by atoms with Gasteiger partial charge in [-0.3, -0.25) is 4.79 Å². The smallest absolute Gasteiger partial charge is 0.408 e. The number of fused-ring (bicyclic) bond motifs is 2. The molecule has 0 aliphatic carbocycles. The molecular weight excluding hydrogens is 670 g/mol. The Morgan fingerprint density at radius 1 is 0.720 bits per heavy atom. The summed E-state index contributed by atoms with van der Waals surface area (Å²) in [5.41, 5.74) is 3.67.